The van der Waals surface area contributed by atoms with Crippen LogP contribution in [0, 0.1) is 0 Å². The third-order valence-electron chi connectivity index (χ3n) is 12.2. The summed E-state index contributed by atoms with van der Waals surface area (Å²) in [7, 11) is 0. The largest absolute Gasteiger partial charge is 0.454 e. The molecule has 0 atom stereocenters. The molecule has 0 spiro atoms. The Morgan fingerprint density at radius 3 is 1.61 bits per heavy atom. The highest BCUT2D eigenvalue weighted by Crippen LogP contribution is 2.41. The molecule has 10 aromatic carbocycles. The first-order valence-corrected chi connectivity index (χ1v) is 20.8. The van der Waals surface area contributed by atoms with Crippen molar-refractivity contribution in [3.8, 4) is 39.1 Å². The number of hydrogen-bond donors (Lipinski definition) is 0. The predicted molar refractivity (Wildman–Crippen MR) is 257 cm³/mol. The fraction of sp³-hybridized carbons (Fsp3) is 0. The van der Waals surface area contributed by atoms with Gasteiger partial charge in [-0.2, -0.15) is 0 Å². The van der Waals surface area contributed by atoms with E-state index in [1.165, 1.54) is 49.4 Å². The molecule has 3 heteroatoms. The highest BCUT2D eigenvalue weighted by Gasteiger charge is 2.19. The summed E-state index contributed by atoms with van der Waals surface area (Å²) in [5, 5.41) is 7.17. The van der Waals surface area contributed by atoms with E-state index in [1.54, 1.807) is 0 Å². The van der Waals surface area contributed by atoms with Gasteiger partial charge in [0, 0.05) is 38.6 Å². The average Bonchev–Trinajstić information content (AvgIpc) is 3.88. The Bertz CT molecular complexity index is 3560. The zero-order valence-corrected chi connectivity index (χ0v) is 33.2. The number of furan rings is 1. The van der Waals surface area contributed by atoms with Gasteiger partial charge in [0.25, 0.3) is 0 Å². The summed E-state index contributed by atoms with van der Waals surface area (Å²) in [4.78, 5) is 2.35. The van der Waals surface area contributed by atoms with Crippen molar-refractivity contribution in [2.45, 2.75) is 0 Å². The molecule has 286 valence electrons. The number of nitrogens with zero attached hydrogens (tertiary/aromatic N) is 2. The summed E-state index contributed by atoms with van der Waals surface area (Å²) < 4.78 is 8.89. The summed E-state index contributed by atoms with van der Waals surface area (Å²) in [6.45, 7) is 0. The van der Waals surface area contributed by atoms with Crippen LogP contribution in [0.1, 0.15) is 0 Å². The maximum atomic E-state index is 6.54. The fourth-order valence-corrected chi connectivity index (χ4v) is 9.27. The average molecular weight is 779 g/mol. The standard InChI is InChI=1S/C58H38N2O/c1-2-12-39(13-3-1)40-24-31-45(32-25-40)59(47-35-28-43(29-36-47)49-19-10-15-42-14-4-5-16-48(42)49)46-33-26-41(27-34-46)44-30-37-55-53(38-44)50-17-6-8-21-54(50)60(55)56-22-11-20-52-51-18-7-9-23-57(51)61-58(52)56/h1-38H. The zero-order chi connectivity index (χ0) is 40.3. The van der Waals surface area contributed by atoms with Crippen LogP contribution >= 0.6 is 0 Å². The van der Waals surface area contributed by atoms with E-state index in [0.717, 1.165) is 61.3 Å². The lowest BCUT2D eigenvalue weighted by molar-refractivity contribution is 0.666. The molecule has 3 nitrogen and oxygen atoms in total. The molecule has 2 heterocycles. The molecule has 0 aliphatic carbocycles. The van der Waals surface area contributed by atoms with Gasteiger partial charge in [0.2, 0.25) is 0 Å². The van der Waals surface area contributed by atoms with E-state index in [2.05, 4.69) is 228 Å². The lowest BCUT2D eigenvalue weighted by Gasteiger charge is -2.26. The minimum Gasteiger partial charge on any atom is -0.454 e. The van der Waals surface area contributed by atoms with Crippen LogP contribution in [0.2, 0.25) is 0 Å². The van der Waals surface area contributed by atoms with E-state index in [9.17, 15) is 0 Å². The van der Waals surface area contributed by atoms with Crippen LogP contribution in [0.15, 0.2) is 235 Å². The summed E-state index contributed by atoms with van der Waals surface area (Å²) in [6.07, 6.45) is 0. The van der Waals surface area contributed by atoms with Gasteiger partial charge >= 0.3 is 0 Å². The molecule has 0 aliphatic heterocycles. The SMILES string of the molecule is c1ccc(-c2ccc(N(c3ccc(-c4ccc5c(c4)c4ccccc4n5-c4cccc5c4oc4ccccc45)cc3)c3ccc(-c4cccc5ccccc45)cc3)cc2)cc1. The molecular weight excluding hydrogens is 741 g/mol. The molecule has 0 N–H and O–H groups in total. The summed E-state index contributed by atoms with van der Waals surface area (Å²) in [6, 6.07) is 82.9. The topological polar surface area (TPSA) is 21.3 Å². The summed E-state index contributed by atoms with van der Waals surface area (Å²) >= 11 is 0. The molecule has 0 amide bonds. The van der Waals surface area contributed by atoms with Crippen molar-refractivity contribution < 1.29 is 4.42 Å². The Balaban J connectivity index is 0.938. The van der Waals surface area contributed by atoms with Crippen LogP contribution in [-0.4, -0.2) is 4.57 Å². The van der Waals surface area contributed by atoms with Crippen molar-refractivity contribution >= 4 is 71.6 Å². The van der Waals surface area contributed by atoms with Crippen molar-refractivity contribution in [2.24, 2.45) is 0 Å². The number of hydrogen-bond acceptors (Lipinski definition) is 2. The summed E-state index contributed by atoms with van der Waals surface area (Å²) in [5.41, 5.74) is 15.6. The van der Waals surface area contributed by atoms with Crippen LogP contribution in [-0.2, 0) is 0 Å². The molecule has 12 rings (SSSR count). The van der Waals surface area contributed by atoms with E-state index in [0.29, 0.717) is 0 Å². The minimum atomic E-state index is 0.897. The van der Waals surface area contributed by atoms with Gasteiger partial charge in [-0.15, -0.1) is 0 Å². The third-order valence-corrected chi connectivity index (χ3v) is 12.2. The second-order valence-corrected chi connectivity index (χ2v) is 15.7. The minimum absolute atomic E-state index is 0.897. The second kappa shape index (κ2) is 14.3. The van der Waals surface area contributed by atoms with Gasteiger partial charge in [-0.05, 0) is 111 Å². The van der Waals surface area contributed by atoms with E-state index >= 15 is 0 Å². The van der Waals surface area contributed by atoms with Crippen LogP contribution in [0.25, 0.3) is 93.6 Å². The fourth-order valence-electron chi connectivity index (χ4n) is 9.27. The molecular formula is C58H38N2O. The maximum Gasteiger partial charge on any atom is 0.159 e. The van der Waals surface area contributed by atoms with Gasteiger partial charge < -0.3 is 13.9 Å². The van der Waals surface area contributed by atoms with Crippen LogP contribution in [0.3, 0.4) is 0 Å². The van der Waals surface area contributed by atoms with Crippen molar-refractivity contribution in [1.82, 2.24) is 4.57 Å². The molecule has 0 radical (unpaired) electrons. The highest BCUT2D eigenvalue weighted by molar-refractivity contribution is 6.13. The smallest absolute Gasteiger partial charge is 0.159 e. The lowest BCUT2D eigenvalue weighted by Crippen LogP contribution is -2.09. The van der Waals surface area contributed by atoms with Gasteiger partial charge in [0.15, 0.2) is 5.58 Å². The van der Waals surface area contributed by atoms with Crippen molar-refractivity contribution in [3.05, 3.63) is 231 Å². The van der Waals surface area contributed by atoms with Crippen LogP contribution in [0.4, 0.5) is 17.1 Å². The Kier molecular flexibility index (Phi) is 8.17. The first-order valence-electron chi connectivity index (χ1n) is 20.8. The molecule has 12 aromatic rings. The quantitative estimate of drug-likeness (QED) is 0.161. The van der Waals surface area contributed by atoms with Gasteiger partial charge in [0.05, 0.1) is 16.7 Å². The number of rotatable bonds is 7. The third kappa shape index (κ3) is 5.90. The van der Waals surface area contributed by atoms with Gasteiger partial charge in [-0.3, -0.25) is 0 Å². The molecule has 61 heavy (non-hydrogen) atoms. The Morgan fingerprint density at radius 2 is 0.852 bits per heavy atom. The number of benzene rings is 10. The van der Waals surface area contributed by atoms with Gasteiger partial charge in [0.1, 0.15) is 5.58 Å². The van der Waals surface area contributed by atoms with Gasteiger partial charge in [-0.1, -0.05) is 164 Å². The maximum absolute atomic E-state index is 6.54. The number of aromatic nitrogens is 1. The molecule has 0 saturated heterocycles. The van der Waals surface area contributed by atoms with Crippen molar-refractivity contribution in [2.75, 3.05) is 4.90 Å². The molecule has 0 unspecified atom stereocenters. The molecule has 0 bridgehead atoms. The Labute approximate surface area is 353 Å². The lowest BCUT2D eigenvalue weighted by atomic mass is 9.98. The Morgan fingerprint density at radius 1 is 0.328 bits per heavy atom. The van der Waals surface area contributed by atoms with Crippen molar-refractivity contribution in [3.63, 3.8) is 0 Å². The molecule has 0 aliphatic rings. The van der Waals surface area contributed by atoms with Crippen LogP contribution in [0.5, 0.6) is 0 Å². The van der Waals surface area contributed by atoms with E-state index < -0.39 is 0 Å². The van der Waals surface area contributed by atoms with E-state index in [4.69, 9.17) is 4.42 Å². The van der Waals surface area contributed by atoms with Crippen molar-refractivity contribution in [1.29, 1.82) is 0 Å². The Hall–Kier alpha value is -8.14. The monoisotopic (exact) mass is 778 g/mol. The van der Waals surface area contributed by atoms with Gasteiger partial charge in [-0.25, -0.2) is 0 Å². The first kappa shape index (κ1) is 34.9. The second-order valence-electron chi connectivity index (χ2n) is 15.7. The highest BCUT2D eigenvalue weighted by atomic mass is 16.3. The normalized spacial score (nSPS) is 11.6. The molecule has 2 aromatic heterocycles. The molecule has 0 fully saturated rings. The number of anilines is 3. The summed E-state index contributed by atoms with van der Waals surface area (Å²) in [5.74, 6) is 0. The molecule has 0 saturated carbocycles. The van der Waals surface area contributed by atoms with E-state index in [-0.39, 0.29) is 0 Å². The number of fused-ring (bicyclic) bond motifs is 7. The predicted octanol–water partition coefficient (Wildman–Crippen LogP) is 16.3. The first-order chi connectivity index (χ1) is 30.2. The zero-order valence-electron chi connectivity index (χ0n) is 33.2. The van der Waals surface area contributed by atoms with E-state index in [1.807, 2.05) is 12.1 Å². The number of para-hydroxylation sites is 3. The van der Waals surface area contributed by atoms with Crippen LogP contribution < -0.4 is 4.90 Å².